The van der Waals surface area contributed by atoms with E-state index in [9.17, 15) is 4.79 Å². The minimum absolute atomic E-state index is 0.355. The Kier molecular flexibility index (Phi) is 3.73. The zero-order chi connectivity index (χ0) is 10.4. The fourth-order valence-corrected chi connectivity index (χ4v) is 0.960. The standard InChI is InChI=1S/C11H11O3/c1-3-8-14-10-7-5-4-6-9(10)11(12)13-2/h3,5-7H,1,8H2,2H3. The number of ether oxygens (including phenoxy) is 2. The molecule has 0 heterocycles. The van der Waals surface area contributed by atoms with Crippen molar-refractivity contribution in [1.82, 2.24) is 0 Å². The van der Waals surface area contributed by atoms with Gasteiger partial charge in [-0.15, -0.1) is 0 Å². The van der Waals surface area contributed by atoms with Gasteiger partial charge in [-0.1, -0.05) is 18.7 Å². The summed E-state index contributed by atoms with van der Waals surface area (Å²) in [5, 5.41) is 0. The van der Waals surface area contributed by atoms with Crippen molar-refractivity contribution in [2.45, 2.75) is 0 Å². The zero-order valence-corrected chi connectivity index (χ0v) is 7.95. The maximum atomic E-state index is 11.2. The lowest BCUT2D eigenvalue weighted by atomic mass is 10.2. The van der Waals surface area contributed by atoms with Gasteiger partial charge in [-0.2, -0.15) is 0 Å². The molecule has 73 valence electrons. The summed E-state index contributed by atoms with van der Waals surface area (Å²) in [6, 6.07) is 7.65. The maximum absolute atomic E-state index is 11.2. The highest BCUT2D eigenvalue weighted by atomic mass is 16.5. The lowest BCUT2D eigenvalue weighted by molar-refractivity contribution is 0.0596. The van der Waals surface area contributed by atoms with Gasteiger partial charge >= 0.3 is 5.97 Å². The number of benzene rings is 1. The highest BCUT2D eigenvalue weighted by molar-refractivity contribution is 5.92. The number of carbonyl (C=O) groups is 1. The Bertz CT molecular complexity index is 331. The number of hydrogen-bond donors (Lipinski definition) is 0. The molecule has 0 spiro atoms. The summed E-state index contributed by atoms with van der Waals surface area (Å²) in [6.07, 6.45) is 1.61. The van der Waals surface area contributed by atoms with Gasteiger partial charge in [0.25, 0.3) is 0 Å². The summed E-state index contributed by atoms with van der Waals surface area (Å²) in [4.78, 5) is 11.2. The van der Waals surface area contributed by atoms with E-state index < -0.39 is 5.97 Å². The Morgan fingerprint density at radius 3 is 3.14 bits per heavy atom. The van der Waals surface area contributed by atoms with Gasteiger partial charge in [0.15, 0.2) is 0 Å². The Morgan fingerprint density at radius 2 is 2.50 bits per heavy atom. The molecule has 1 aromatic rings. The van der Waals surface area contributed by atoms with E-state index in [-0.39, 0.29) is 0 Å². The van der Waals surface area contributed by atoms with Crippen LogP contribution in [0.1, 0.15) is 10.4 Å². The topological polar surface area (TPSA) is 35.5 Å². The SMILES string of the molecule is C=CCOc1cc[c]cc1C(=O)OC. The Morgan fingerprint density at radius 1 is 1.71 bits per heavy atom. The van der Waals surface area contributed by atoms with Crippen LogP contribution in [-0.2, 0) is 4.74 Å². The Hall–Kier alpha value is -1.77. The smallest absolute Gasteiger partial charge is 0.341 e. The second-order valence-electron chi connectivity index (χ2n) is 2.51. The number of carbonyl (C=O) groups excluding carboxylic acids is 1. The van der Waals surface area contributed by atoms with Gasteiger partial charge in [-0.05, 0) is 18.2 Å². The van der Waals surface area contributed by atoms with E-state index in [1.54, 1.807) is 18.2 Å². The summed E-state index contributed by atoms with van der Waals surface area (Å²) in [5.74, 6) is 0.0522. The van der Waals surface area contributed by atoms with E-state index in [0.29, 0.717) is 17.9 Å². The minimum atomic E-state index is -0.430. The van der Waals surface area contributed by atoms with Crippen molar-refractivity contribution >= 4 is 5.97 Å². The van der Waals surface area contributed by atoms with Crippen molar-refractivity contribution in [3.63, 3.8) is 0 Å². The summed E-state index contributed by atoms with van der Waals surface area (Å²) in [6.45, 7) is 3.88. The first-order valence-electron chi connectivity index (χ1n) is 4.11. The fourth-order valence-electron chi connectivity index (χ4n) is 0.960. The lowest BCUT2D eigenvalue weighted by Gasteiger charge is -2.07. The van der Waals surface area contributed by atoms with Crippen LogP contribution in [0.25, 0.3) is 0 Å². The summed E-state index contributed by atoms with van der Waals surface area (Å²) >= 11 is 0. The molecule has 1 rings (SSSR count). The van der Waals surface area contributed by atoms with Crippen LogP contribution >= 0.6 is 0 Å². The molecule has 14 heavy (non-hydrogen) atoms. The van der Waals surface area contributed by atoms with E-state index in [2.05, 4.69) is 17.4 Å². The number of esters is 1. The molecule has 1 radical (unpaired) electrons. The molecule has 0 saturated carbocycles. The normalized spacial score (nSPS) is 9.21. The van der Waals surface area contributed by atoms with Crippen LogP contribution in [0.5, 0.6) is 5.75 Å². The van der Waals surface area contributed by atoms with E-state index in [4.69, 9.17) is 4.74 Å². The van der Waals surface area contributed by atoms with Gasteiger partial charge in [0.1, 0.15) is 17.9 Å². The summed E-state index contributed by atoms with van der Waals surface area (Å²) in [5.41, 5.74) is 0.372. The molecule has 0 aliphatic rings. The summed E-state index contributed by atoms with van der Waals surface area (Å²) < 4.78 is 9.86. The molecule has 0 unspecified atom stereocenters. The molecule has 3 heteroatoms. The van der Waals surface area contributed by atoms with E-state index in [1.807, 2.05) is 0 Å². The van der Waals surface area contributed by atoms with Gasteiger partial charge in [0.05, 0.1) is 7.11 Å². The Balaban J connectivity index is 2.90. The third-order valence-corrected chi connectivity index (χ3v) is 1.59. The largest absolute Gasteiger partial charge is 0.489 e. The lowest BCUT2D eigenvalue weighted by Crippen LogP contribution is -2.05. The molecule has 0 aromatic heterocycles. The highest BCUT2D eigenvalue weighted by Crippen LogP contribution is 2.18. The predicted octanol–water partition coefficient (Wildman–Crippen LogP) is 1.84. The second-order valence-corrected chi connectivity index (χ2v) is 2.51. The molecule has 0 bridgehead atoms. The maximum Gasteiger partial charge on any atom is 0.341 e. The average Bonchev–Trinajstić information content (AvgIpc) is 2.25. The predicted molar refractivity (Wildman–Crippen MR) is 52.3 cm³/mol. The third kappa shape index (κ3) is 2.36. The molecular weight excluding hydrogens is 180 g/mol. The molecule has 0 saturated heterocycles. The van der Waals surface area contributed by atoms with Crippen molar-refractivity contribution in [2.75, 3.05) is 13.7 Å². The van der Waals surface area contributed by atoms with Gasteiger partial charge in [0, 0.05) is 0 Å². The van der Waals surface area contributed by atoms with E-state index >= 15 is 0 Å². The minimum Gasteiger partial charge on any atom is -0.489 e. The van der Waals surface area contributed by atoms with E-state index in [1.165, 1.54) is 13.2 Å². The van der Waals surface area contributed by atoms with Gasteiger partial charge in [-0.3, -0.25) is 0 Å². The number of methoxy groups -OCH3 is 1. The molecule has 0 amide bonds. The van der Waals surface area contributed by atoms with Crippen LogP contribution < -0.4 is 4.74 Å². The zero-order valence-electron chi connectivity index (χ0n) is 7.95. The molecule has 0 aliphatic carbocycles. The summed E-state index contributed by atoms with van der Waals surface area (Å²) in [7, 11) is 1.33. The van der Waals surface area contributed by atoms with Crippen LogP contribution in [0, 0.1) is 6.07 Å². The highest BCUT2D eigenvalue weighted by Gasteiger charge is 2.11. The van der Waals surface area contributed by atoms with Gasteiger partial charge in [0.2, 0.25) is 0 Å². The van der Waals surface area contributed by atoms with E-state index in [0.717, 1.165) is 0 Å². The van der Waals surface area contributed by atoms with Crippen LogP contribution in [0.2, 0.25) is 0 Å². The first-order valence-corrected chi connectivity index (χ1v) is 4.11. The molecule has 0 atom stereocenters. The van der Waals surface area contributed by atoms with Crippen molar-refractivity contribution < 1.29 is 14.3 Å². The molecule has 0 aliphatic heterocycles. The molecular formula is C11H11O3. The Labute approximate surface area is 83.0 Å². The molecule has 1 aromatic carbocycles. The van der Waals surface area contributed by atoms with Crippen LogP contribution in [0.4, 0.5) is 0 Å². The quantitative estimate of drug-likeness (QED) is 0.538. The van der Waals surface area contributed by atoms with Gasteiger partial charge < -0.3 is 9.47 Å². The van der Waals surface area contributed by atoms with Crippen molar-refractivity contribution in [3.8, 4) is 5.75 Å². The second kappa shape index (κ2) is 5.07. The van der Waals surface area contributed by atoms with Crippen LogP contribution in [0.15, 0.2) is 30.9 Å². The van der Waals surface area contributed by atoms with Crippen molar-refractivity contribution in [1.29, 1.82) is 0 Å². The van der Waals surface area contributed by atoms with Crippen molar-refractivity contribution in [3.05, 3.63) is 42.5 Å². The molecule has 3 nitrogen and oxygen atoms in total. The molecule has 0 N–H and O–H groups in total. The number of hydrogen-bond acceptors (Lipinski definition) is 3. The van der Waals surface area contributed by atoms with Crippen molar-refractivity contribution in [2.24, 2.45) is 0 Å². The first-order chi connectivity index (χ1) is 6.79. The van der Waals surface area contributed by atoms with Crippen LogP contribution in [-0.4, -0.2) is 19.7 Å². The third-order valence-electron chi connectivity index (χ3n) is 1.59. The van der Waals surface area contributed by atoms with Crippen LogP contribution in [0.3, 0.4) is 0 Å². The number of rotatable bonds is 4. The molecule has 0 fully saturated rings. The average molecular weight is 191 g/mol. The monoisotopic (exact) mass is 191 g/mol. The first kappa shape index (κ1) is 10.3. The van der Waals surface area contributed by atoms with Gasteiger partial charge in [-0.25, -0.2) is 4.79 Å². The fraction of sp³-hybridized carbons (Fsp3) is 0.182.